The Morgan fingerprint density at radius 2 is 1.95 bits per heavy atom. The van der Waals surface area contributed by atoms with Crippen molar-refractivity contribution in [2.45, 2.75) is 56.8 Å². The molecule has 0 bridgehead atoms. The first-order valence-corrected chi connectivity index (χ1v) is 7.67. The van der Waals surface area contributed by atoms with E-state index in [0.29, 0.717) is 24.5 Å². The van der Waals surface area contributed by atoms with Crippen LogP contribution in [0.5, 0.6) is 0 Å². The van der Waals surface area contributed by atoms with E-state index >= 15 is 0 Å². The second-order valence-electron chi connectivity index (χ2n) is 5.88. The average Bonchev–Trinajstić information content (AvgIpc) is 2.86. The molecule has 2 aliphatic rings. The molecule has 0 aromatic carbocycles. The highest BCUT2D eigenvalue weighted by atomic mass is 19.4. The molecule has 2 rings (SSSR count). The van der Waals surface area contributed by atoms with Crippen LogP contribution in [0, 0.1) is 5.92 Å². The van der Waals surface area contributed by atoms with Crippen molar-refractivity contribution in [3.63, 3.8) is 0 Å². The molecule has 0 amide bonds. The predicted octanol–water partition coefficient (Wildman–Crippen LogP) is 2.47. The van der Waals surface area contributed by atoms with Gasteiger partial charge in [0.25, 0.3) is 0 Å². The number of hydrogen-bond acceptors (Lipinski definition) is 3. The number of ether oxygens (including phenoxy) is 1. The van der Waals surface area contributed by atoms with E-state index in [1.165, 1.54) is 32.1 Å². The third-order valence-electron chi connectivity index (χ3n) is 4.35. The summed E-state index contributed by atoms with van der Waals surface area (Å²) >= 11 is 0. The van der Waals surface area contributed by atoms with Crippen LogP contribution in [-0.4, -0.2) is 44.6 Å². The smallest absolute Gasteiger partial charge is 0.371 e. The van der Waals surface area contributed by atoms with Crippen molar-refractivity contribution in [1.82, 2.24) is 10.6 Å². The van der Waals surface area contributed by atoms with Crippen molar-refractivity contribution < 1.29 is 17.9 Å². The maximum absolute atomic E-state index is 11.9. The molecule has 3 unspecified atom stereocenters. The molecule has 0 spiro atoms. The lowest BCUT2D eigenvalue weighted by molar-refractivity contribution is -0.173. The van der Waals surface area contributed by atoms with Crippen LogP contribution >= 0.6 is 0 Å². The third kappa shape index (κ3) is 5.22. The maximum Gasteiger partial charge on any atom is 0.411 e. The molecule has 3 atom stereocenters. The van der Waals surface area contributed by atoms with Crippen molar-refractivity contribution in [3.8, 4) is 0 Å². The highest BCUT2D eigenvalue weighted by Gasteiger charge is 2.33. The summed E-state index contributed by atoms with van der Waals surface area (Å²) in [7, 11) is 0. The fourth-order valence-electron chi connectivity index (χ4n) is 3.47. The number of nitrogens with one attached hydrogen (secondary N) is 2. The van der Waals surface area contributed by atoms with Crippen LogP contribution in [0.25, 0.3) is 0 Å². The SMILES string of the molecule is FC(F)(F)COCCNC1CCCC1C1CCCCN1. The molecular weight excluding hydrogens is 269 g/mol. The van der Waals surface area contributed by atoms with Gasteiger partial charge >= 0.3 is 6.18 Å². The van der Waals surface area contributed by atoms with Gasteiger partial charge in [0.1, 0.15) is 6.61 Å². The third-order valence-corrected chi connectivity index (χ3v) is 4.35. The Labute approximate surface area is 118 Å². The van der Waals surface area contributed by atoms with Gasteiger partial charge in [-0.1, -0.05) is 12.8 Å². The molecule has 0 radical (unpaired) electrons. The molecule has 2 fully saturated rings. The maximum atomic E-state index is 11.9. The number of rotatable bonds is 6. The van der Waals surface area contributed by atoms with Crippen LogP contribution in [0.15, 0.2) is 0 Å². The van der Waals surface area contributed by atoms with Gasteiger partial charge in [-0.25, -0.2) is 0 Å². The first-order valence-electron chi connectivity index (χ1n) is 7.67. The highest BCUT2D eigenvalue weighted by Crippen LogP contribution is 2.31. The van der Waals surface area contributed by atoms with Gasteiger partial charge in [-0.3, -0.25) is 0 Å². The minimum atomic E-state index is -4.22. The van der Waals surface area contributed by atoms with Gasteiger partial charge in [-0.05, 0) is 38.1 Å². The molecular formula is C14H25F3N2O. The molecule has 1 aliphatic heterocycles. The molecule has 118 valence electrons. The molecule has 1 saturated carbocycles. The minimum Gasteiger partial charge on any atom is -0.371 e. The summed E-state index contributed by atoms with van der Waals surface area (Å²) in [6.07, 6.45) is 3.11. The second-order valence-corrected chi connectivity index (χ2v) is 5.88. The van der Waals surface area contributed by atoms with E-state index in [1.54, 1.807) is 0 Å². The Kier molecular flexibility index (Phi) is 6.11. The number of hydrogen-bond donors (Lipinski definition) is 2. The monoisotopic (exact) mass is 294 g/mol. The Morgan fingerprint density at radius 1 is 1.10 bits per heavy atom. The van der Waals surface area contributed by atoms with Gasteiger partial charge in [-0.15, -0.1) is 0 Å². The summed E-state index contributed by atoms with van der Waals surface area (Å²) in [5, 5.41) is 6.98. The van der Waals surface area contributed by atoms with Crippen LogP contribution in [-0.2, 0) is 4.74 Å². The average molecular weight is 294 g/mol. The zero-order chi connectivity index (χ0) is 14.4. The Bertz CT molecular complexity index is 280. The predicted molar refractivity (Wildman–Crippen MR) is 71.6 cm³/mol. The zero-order valence-corrected chi connectivity index (χ0v) is 11.8. The van der Waals surface area contributed by atoms with Crippen molar-refractivity contribution in [2.75, 3.05) is 26.3 Å². The van der Waals surface area contributed by atoms with E-state index in [4.69, 9.17) is 0 Å². The molecule has 6 heteroatoms. The number of halogens is 3. The fraction of sp³-hybridized carbons (Fsp3) is 1.00. The van der Waals surface area contributed by atoms with Crippen molar-refractivity contribution in [2.24, 2.45) is 5.92 Å². The molecule has 20 heavy (non-hydrogen) atoms. The number of alkyl halides is 3. The van der Waals surface area contributed by atoms with Gasteiger partial charge in [0.05, 0.1) is 6.61 Å². The van der Waals surface area contributed by atoms with Crippen LogP contribution < -0.4 is 10.6 Å². The molecule has 1 heterocycles. The molecule has 0 aromatic rings. The molecule has 1 saturated heterocycles. The van der Waals surface area contributed by atoms with E-state index in [0.717, 1.165) is 13.0 Å². The highest BCUT2D eigenvalue weighted by molar-refractivity contribution is 4.92. The minimum absolute atomic E-state index is 0.126. The van der Waals surface area contributed by atoms with Crippen LogP contribution in [0.4, 0.5) is 13.2 Å². The van der Waals surface area contributed by atoms with Crippen LogP contribution in [0.3, 0.4) is 0 Å². The van der Waals surface area contributed by atoms with E-state index in [-0.39, 0.29) is 6.61 Å². The topological polar surface area (TPSA) is 33.3 Å². The van der Waals surface area contributed by atoms with Crippen molar-refractivity contribution >= 4 is 0 Å². The lowest BCUT2D eigenvalue weighted by Crippen LogP contribution is -2.47. The van der Waals surface area contributed by atoms with Gasteiger partial charge < -0.3 is 15.4 Å². The molecule has 3 nitrogen and oxygen atoms in total. The fourth-order valence-corrected chi connectivity index (χ4v) is 3.47. The van der Waals surface area contributed by atoms with Crippen LogP contribution in [0.2, 0.25) is 0 Å². The second kappa shape index (κ2) is 7.61. The Morgan fingerprint density at radius 3 is 2.65 bits per heavy atom. The largest absolute Gasteiger partial charge is 0.411 e. The zero-order valence-electron chi connectivity index (χ0n) is 11.8. The Balaban J connectivity index is 1.64. The van der Waals surface area contributed by atoms with Crippen molar-refractivity contribution in [1.29, 1.82) is 0 Å². The molecule has 1 aliphatic carbocycles. The summed E-state index contributed by atoms with van der Waals surface area (Å²) in [5.41, 5.74) is 0. The summed E-state index contributed by atoms with van der Waals surface area (Å²) < 4.78 is 40.4. The normalized spacial score (nSPS) is 31.6. The number of piperidine rings is 1. The lowest BCUT2D eigenvalue weighted by atomic mass is 9.88. The van der Waals surface area contributed by atoms with Crippen LogP contribution in [0.1, 0.15) is 38.5 Å². The van der Waals surface area contributed by atoms with E-state index < -0.39 is 12.8 Å². The first-order chi connectivity index (χ1) is 9.56. The van der Waals surface area contributed by atoms with E-state index in [2.05, 4.69) is 15.4 Å². The summed E-state index contributed by atoms with van der Waals surface area (Å²) in [6.45, 7) is 0.584. The summed E-state index contributed by atoms with van der Waals surface area (Å²) in [6, 6.07) is 1.01. The molecule has 2 N–H and O–H groups in total. The quantitative estimate of drug-likeness (QED) is 0.738. The van der Waals surface area contributed by atoms with E-state index in [1.807, 2.05) is 0 Å². The van der Waals surface area contributed by atoms with Gasteiger partial charge in [-0.2, -0.15) is 13.2 Å². The lowest BCUT2D eigenvalue weighted by Gasteiger charge is -2.33. The van der Waals surface area contributed by atoms with Crippen molar-refractivity contribution in [3.05, 3.63) is 0 Å². The Hall–Kier alpha value is -0.330. The summed E-state index contributed by atoms with van der Waals surface area (Å²) in [5.74, 6) is 0.623. The van der Waals surface area contributed by atoms with Gasteiger partial charge in [0.2, 0.25) is 0 Å². The van der Waals surface area contributed by atoms with Gasteiger partial charge in [0.15, 0.2) is 0 Å². The first kappa shape index (κ1) is 16.0. The summed E-state index contributed by atoms with van der Waals surface area (Å²) in [4.78, 5) is 0. The van der Waals surface area contributed by atoms with Gasteiger partial charge in [0, 0.05) is 18.6 Å². The standard InChI is InChI=1S/C14H25F3N2O/c15-14(16,17)10-20-9-8-19-13-6-3-4-11(13)12-5-1-2-7-18-12/h11-13,18-19H,1-10H2. The van der Waals surface area contributed by atoms with E-state index in [9.17, 15) is 13.2 Å². The molecule has 0 aromatic heterocycles.